The highest BCUT2D eigenvalue weighted by molar-refractivity contribution is 8.01. The number of carboxylic acid groups (broad SMARTS) is 1. The molecular formula is C15H19NO3S. The molecule has 0 spiro atoms. The molecule has 0 bridgehead atoms. The number of aryl methyl sites for hydroxylation is 1. The van der Waals surface area contributed by atoms with E-state index in [0.717, 1.165) is 29.8 Å². The topological polar surface area (TPSA) is 66.4 Å². The Bertz CT molecular complexity index is 510. The number of rotatable bonds is 5. The van der Waals surface area contributed by atoms with Gasteiger partial charge in [-0.15, -0.1) is 11.8 Å². The van der Waals surface area contributed by atoms with Gasteiger partial charge >= 0.3 is 5.97 Å². The first-order valence-corrected chi connectivity index (χ1v) is 7.75. The monoisotopic (exact) mass is 293 g/mol. The lowest BCUT2D eigenvalue weighted by Crippen LogP contribution is -2.34. The summed E-state index contributed by atoms with van der Waals surface area (Å²) in [6.07, 6.45) is 2.45. The van der Waals surface area contributed by atoms with Gasteiger partial charge in [0.05, 0.1) is 4.75 Å². The number of carbonyl (C=O) groups excluding carboxylic acids is 1. The van der Waals surface area contributed by atoms with Crippen LogP contribution in [0.5, 0.6) is 0 Å². The third kappa shape index (κ3) is 3.54. The molecule has 1 fully saturated rings. The summed E-state index contributed by atoms with van der Waals surface area (Å²) >= 11 is 1.69. The van der Waals surface area contributed by atoms with Gasteiger partial charge in [-0.25, -0.2) is 0 Å². The third-order valence-electron chi connectivity index (χ3n) is 3.57. The summed E-state index contributed by atoms with van der Waals surface area (Å²) in [6, 6.07) is 7.41. The van der Waals surface area contributed by atoms with Crippen LogP contribution in [0.15, 0.2) is 24.3 Å². The molecule has 1 aromatic carbocycles. The van der Waals surface area contributed by atoms with E-state index in [0.29, 0.717) is 6.42 Å². The standard InChI is InChI=1S/C15H19NO3S/c1-15(9-4-10-20-15)14(19)16-12-6-3-2-5-11(12)7-8-13(17)18/h2-3,5-6H,4,7-10H2,1H3,(H,16,19)(H,17,18). The number of amides is 1. The second-order valence-electron chi connectivity index (χ2n) is 5.19. The van der Waals surface area contributed by atoms with E-state index in [9.17, 15) is 9.59 Å². The van der Waals surface area contributed by atoms with Crippen LogP contribution in [-0.4, -0.2) is 27.5 Å². The van der Waals surface area contributed by atoms with Crippen molar-refractivity contribution in [3.8, 4) is 0 Å². The molecule has 5 heteroatoms. The largest absolute Gasteiger partial charge is 0.481 e. The van der Waals surface area contributed by atoms with Crippen LogP contribution < -0.4 is 5.32 Å². The number of benzene rings is 1. The number of nitrogens with one attached hydrogen (secondary N) is 1. The molecule has 1 unspecified atom stereocenters. The van der Waals surface area contributed by atoms with Crippen LogP contribution in [-0.2, 0) is 16.0 Å². The van der Waals surface area contributed by atoms with Crippen molar-refractivity contribution < 1.29 is 14.7 Å². The van der Waals surface area contributed by atoms with E-state index in [2.05, 4.69) is 5.32 Å². The Hall–Kier alpha value is -1.49. The van der Waals surface area contributed by atoms with Gasteiger partial charge in [0, 0.05) is 12.1 Å². The van der Waals surface area contributed by atoms with Gasteiger partial charge in [-0.3, -0.25) is 9.59 Å². The summed E-state index contributed by atoms with van der Waals surface area (Å²) in [5.74, 6) is 0.206. The lowest BCUT2D eigenvalue weighted by Gasteiger charge is -2.22. The minimum absolute atomic E-state index is 0.0165. The van der Waals surface area contributed by atoms with E-state index < -0.39 is 5.97 Å². The van der Waals surface area contributed by atoms with Crippen molar-refractivity contribution in [2.45, 2.75) is 37.4 Å². The fourth-order valence-corrected chi connectivity index (χ4v) is 3.52. The number of thioether (sulfide) groups is 1. The van der Waals surface area contributed by atoms with Gasteiger partial charge in [0.1, 0.15) is 0 Å². The lowest BCUT2D eigenvalue weighted by molar-refractivity contribution is -0.136. The Labute approximate surface area is 123 Å². The van der Waals surface area contributed by atoms with Crippen LogP contribution in [0.4, 0.5) is 5.69 Å². The molecular weight excluding hydrogens is 274 g/mol. The maximum absolute atomic E-state index is 12.4. The number of aliphatic carboxylic acids is 1. The smallest absolute Gasteiger partial charge is 0.303 e. The summed E-state index contributed by atoms with van der Waals surface area (Å²) in [7, 11) is 0. The summed E-state index contributed by atoms with van der Waals surface area (Å²) < 4.78 is -0.361. The first kappa shape index (κ1) is 14.9. The Morgan fingerprint density at radius 2 is 2.15 bits per heavy atom. The zero-order valence-corrected chi connectivity index (χ0v) is 12.3. The summed E-state index contributed by atoms with van der Waals surface area (Å²) in [5.41, 5.74) is 1.60. The van der Waals surface area contributed by atoms with Gasteiger partial charge in [0.25, 0.3) is 0 Å². The second kappa shape index (κ2) is 6.31. The Morgan fingerprint density at radius 1 is 1.40 bits per heavy atom. The van der Waals surface area contributed by atoms with Crippen molar-refractivity contribution in [2.75, 3.05) is 11.1 Å². The van der Waals surface area contributed by atoms with Crippen LogP contribution in [0.1, 0.15) is 31.7 Å². The molecule has 1 amide bonds. The molecule has 108 valence electrons. The van der Waals surface area contributed by atoms with Crippen molar-refractivity contribution in [2.24, 2.45) is 0 Å². The molecule has 2 rings (SSSR count). The average Bonchev–Trinajstić information content (AvgIpc) is 2.86. The fourth-order valence-electron chi connectivity index (χ4n) is 2.31. The first-order chi connectivity index (χ1) is 9.51. The molecule has 2 N–H and O–H groups in total. The van der Waals surface area contributed by atoms with Crippen LogP contribution in [0.3, 0.4) is 0 Å². The fraction of sp³-hybridized carbons (Fsp3) is 0.467. The van der Waals surface area contributed by atoms with Crippen LogP contribution in [0.25, 0.3) is 0 Å². The van der Waals surface area contributed by atoms with Crippen molar-refractivity contribution in [1.29, 1.82) is 0 Å². The van der Waals surface area contributed by atoms with Gasteiger partial charge in [0.15, 0.2) is 0 Å². The minimum atomic E-state index is -0.829. The highest BCUT2D eigenvalue weighted by Crippen LogP contribution is 2.38. The first-order valence-electron chi connectivity index (χ1n) is 6.76. The molecule has 0 saturated carbocycles. The molecule has 0 radical (unpaired) electrons. The van der Waals surface area contributed by atoms with E-state index in [1.165, 1.54) is 0 Å². The van der Waals surface area contributed by atoms with Gasteiger partial charge in [-0.2, -0.15) is 0 Å². The van der Waals surface area contributed by atoms with E-state index in [1.807, 2.05) is 31.2 Å². The van der Waals surface area contributed by atoms with Crippen LogP contribution in [0, 0.1) is 0 Å². The van der Waals surface area contributed by atoms with Crippen molar-refractivity contribution in [3.63, 3.8) is 0 Å². The molecule has 1 aliphatic rings. The SMILES string of the molecule is CC1(C(=O)Nc2ccccc2CCC(=O)O)CCCS1. The number of carbonyl (C=O) groups is 2. The Balaban J connectivity index is 2.08. The Morgan fingerprint density at radius 3 is 2.80 bits per heavy atom. The van der Waals surface area contributed by atoms with Gasteiger partial charge in [-0.1, -0.05) is 18.2 Å². The Kier molecular flexibility index (Phi) is 4.70. The van der Waals surface area contributed by atoms with Crippen LogP contribution in [0.2, 0.25) is 0 Å². The van der Waals surface area contributed by atoms with E-state index in [-0.39, 0.29) is 17.1 Å². The maximum Gasteiger partial charge on any atom is 0.303 e. The summed E-state index contributed by atoms with van der Waals surface area (Å²) in [5, 5.41) is 11.7. The molecule has 0 aliphatic carbocycles. The molecule has 4 nitrogen and oxygen atoms in total. The molecule has 20 heavy (non-hydrogen) atoms. The van der Waals surface area contributed by atoms with Crippen molar-refractivity contribution in [1.82, 2.24) is 0 Å². The maximum atomic E-state index is 12.4. The van der Waals surface area contributed by atoms with E-state index in [1.54, 1.807) is 11.8 Å². The molecule has 1 heterocycles. The van der Waals surface area contributed by atoms with E-state index >= 15 is 0 Å². The summed E-state index contributed by atoms with van der Waals surface area (Å²) in [6.45, 7) is 1.97. The zero-order chi connectivity index (χ0) is 14.6. The minimum Gasteiger partial charge on any atom is -0.481 e. The van der Waals surface area contributed by atoms with Crippen LogP contribution >= 0.6 is 11.8 Å². The second-order valence-corrected chi connectivity index (χ2v) is 6.79. The van der Waals surface area contributed by atoms with E-state index in [4.69, 9.17) is 5.11 Å². The number of anilines is 1. The highest BCUT2D eigenvalue weighted by Gasteiger charge is 2.37. The molecule has 1 aliphatic heterocycles. The van der Waals surface area contributed by atoms with Crippen molar-refractivity contribution in [3.05, 3.63) is 29.8 Å². The number of hydrogen-bond donors (Lipinski definition) is 2. The molecule has 1 saturated heterocycles. The van der Waals surface area contributed by atoms with Gasteiger partial charge in [0.2, 0.25) is 5.91 Å². The quantitative estimate of drug-likeness (QED) is 0.876. The summed E-state index contributed by atoms with van der Waals surface area (Å²) in [4.78, 5) is 23.1. The molecule has 0 aromatic heterocycles. The number of para-hydroxylation sites is 1. The predicted molar refractivity (Wildman–Crippen MR) is 81.1 cm³/mol. The van der Waals surface area contributed by atoms with Crippen molar-refractivity contribution >= 4 is 29.3 Å². The zero-order valence-electron chi connectivity index (χ0n) is 11.5. The lowest BCUT2D eigenvalue weighted by atomic mass is 10.0. The van der Waals surface area contributed by atoms with Gasteiger partial charge in [-0.05, 0) is 43.6 Å². The molecule has 1 atom stereocenters. The third-order valence-corrected chi connectivity index (χ3v) is 5.09. The molecule has 1 aromatic rings. The van der Waals surface area contributed by atoms with Gasteiger partial charge < -0.3 is 10.4 Å². The highest BCUT2D eigenvalue weighted by atomic mass is 32.2. The number of hydrogen-bond acceptors (Lipinski definition) is 3. The predicted octanol–water partition coefficient (Wildman–Crippen LogP) is 2.93. The number of carboxylic acids is 1. The normalized spacial score (nSPS) is 21.6. The average molecular weight is 293 g/mol.